The molecule has 2 amide bonds. The first-order chi connectivity index (χ1) is 19.7. The van der Waals surface area contributed by atoms with Crippen molar-refractivity contribution in [3.63, 3.8) is 0 Å². The molecule has 3 nitrogen and oxygen atoms in total. The van der Waals surface area contributed by atoms with E-state index in [1.165, 1.54) is 193 Å². The Morgan fingerprint density at radius 2 is 0.525 bits per heavy atom. The summed E-state index contributed by atoms with van der Waals surface area (Å²) in [6.07, 6.45) is 44.2. The molecule has 3 heteroatoms. The SMILES string of the molecule is CCCCCCCCCCCCCCCCCCN(CCCCCCCCCCCCCCCCCC)C(N)=O. The molecule has 0 fully saturated rings. The highest BCUT2D eigenvalue weighted by molar-refractivity contribution is 5.71. The first-order valence-corrected chi connectivity index (χ1v) is 18.8. The first kappa shape index (κ1) is 39.3. The fraction of sp³-hybridized carbons (Fsp3) is 0.973. The molecule has 0 unspecified atom stereocenters. The average Bonchev–Trinajstić information content (AvgIpc) is 2.95. The first-order valence-electron chi connectivity index (χ1n) is 18.8. The molecule has 0 aromatic rings. The number of unbranched alkanes of at least 4 members (excludes halogenated alkanes) is 30. The van der Waals surface area contributed by atoms with Gasteiger partial charge in [0.25, 0.3) is 0 Å². The lowest BCUT2D eigenvalue weighted by atomic mass is 10.0. The maximum Gasteiger partial charge on any atom is 0.314 e. The van der Waals surface area contributed by atoms with E-state index in [1.54, 1.807) is 0 Å². The molecular weight excluding hydrogens is 488 g/mol. The quantitative estimate of drug-likeness (QED) is 0.0776. The van der Waals surface area contributed by atoms with Gasteiger partial charge in [0.1, 0.15) is 0 Å². The van der Waals surface area contributed by atoms with Crippen molar-refractivity contribution in [1.29, 1.82) is 0 Å². The molecular formula is C37H76N2O. The van der Waals surface area contributed by atoms with E-state index < -0.39 is 0 Å². The third-order valence-corrected chi connectivity index (χ3v) is 8.87. The molecule has 0 saturated carbocycles. The van der Waals surface area contributed by atoms with Crippen molar-refractivity contribution in [3.05, 3.63) is 0 Å². The van der Waals surface area contributed by atoms with Crippen molar-refractivity contribution >= 4 is 6.03 Å². The van der Waals surface area contributed by atoms with Gasteiger partial charge in [0, 0.05) is 13.1 Å². The van der Waals surface area contributed by atoms with E-state index in [2.05, 4.69) is 13.8 Å². The maximum atomic E-state index is 11.8. The molecule has 0 aromatic heterocycles. The van der Waals surface area contributed by atoms with Crippen LogP contribution in [-0.2, 0) is 0 Å². The van der Waals surface area contributed by atoms with Crippen LogP contribution in [0.15, 0.2) is 0 Å². The van der Waals surface area contributed by atoms with Crippen molar-refractivity contribution in [1.82, 2.24) is 4.90 Å². The second kappa shape index (κ2) is 34.5. The molecule has 0 aliphatic carbocycles. The summed E-state index contributed by atoms with van der Waals surface area (Å²) in [4.78, 5) is 13.7. The summed E-state index contributed by atoms with van der Waals surface area (Å²) < 4.78 is 0. The summed E-state index contributed by atoms with van der Waals surface area (Å²) in [7, 11) is 0. The zero-order valence-electron chi connectivity index (χ0n) is 28.0. The summed E-state index contributed by atoms with van der Waals surface area (Å²) in [5, 5.41) is 0. The number of hydrogen-bond donors (Lipinski definition) is 1. The van der Waals surface area contributed by atoms with Crippen LogP contribution in [0, 0.1) is 0 Å². The monoisotopic (exact) mass is 565 g/mol. The highest BCUT2D eigenvalue weighted by Crippen LogP contribution is 2.15. The lowest BCUT2D eigenvalue weighted by Gasteiger charge is -2.20. The lowest BCUT2D eigenvalue weighted by molar-refractivity contribution is 0.204. The van der Waals surface area contributed by atoms with Gasteiger partial charge in [-0.2, -0.15) is 0 Å². The van der Waals surface area contributed by atoms with Crippen LogP contribution in [0.5, 0.6) is 0 Å². The fourth-order valence-electron chi connectivity index (χ4n) is 6.03. The van der Waals surface area contributed by atoms with E-state index in [-0.39, 0.29) is 6.03 Å². The molecule has 0 aliphatic heterocycles. The topological polar surface area (TPSA) is 46.3 Å². The van der Waals surface area contributed by atoms with Crippen LogP contribution in [0.3, 0.4) is 0 Å². The molecule has 0 rings (SSSR count). The Labute approximate surface area is 253 Å². The number of primary amides is 1. The summed E-state index contributed by atoms with van der Waals surface area (Å²) in [5.74, 6) is 0. The van der Waals surface area contributed by atoms with Crippen molar-refractivity contribution < 1.29 is 4.79 Å². The number of carbonyl (C=O) groups is 1. The minimum Gasteiger partial charge on any atom is -0.351 e. The minimum atomic E-state index is -0.220. The fourth-order valence-corrected chi connectivity index (χ4v) is 6.03. The van der Waals surface area contributed by atoms with Crippen LogP contribution >= 0.6 is 0 Å². The van der Waals surface area contributed by atoms with Gasteiger partial charge in [-0.15, -0.1) is 0 Å². The van der Waals surface area contributed by atoms with Crippen LogP contribution in [0.4, 0.5) is 4.79 Å². The predicted octanol–water partition coefficient (Wildman–Crippen LogP) is 12.9. The second-order valence-corrected chi connectivity index (χ2v) is 12.9. The largest absolute Gasteiger partial charge is 0.351 e. The van der Waals surface area contributed by atoms with Gasteiger partial charge in [-0.05, 0) is 12.8 Å². The van der Waals surface area contributed by atoms with Crippen molar-refractivity contribution in [2.24, 2.45) is 5.73 Å². The number of urea groups is 1. The molecule has 0 saturated heterocycles. The number of carbonyl (C=O) groups excluding carboxylic acids is 1. The van der Waals surface area contributed by atoms with E-state index >= 15 is 0 Å². The molecule has 0 aromatic carbocycles. The number of hydrogen-bond acceptors (Lipinski definition) is 1. The Balaban J connectivity index is 3.37. The highest BCUT2D eigenvalue weighted by Gasteiger charge is 2.08. The third kappa shape index (κ3) is 31.8. The Morgan fingerprint density at radius 1 is 0.350 bits per heavy atom. The Morgan fingerprint density at radius 3 is 0.700 bits per heavy atom. The summed E-state index contributed by atoms with van der Waals surface area (Å²) in [6, 6.07) is -0.220. The van der Waals surface area contributed by atoms with Gasteiger partial charge in [0.2, 0.25) is 0 Å². The van der Waals surface area contributed by atoms with Crippen LogP contribution in [0.2, 0.25) is 0 Å². The van der Waals surface area contributed by atoms with Crippen LogP contribution in [0.1, 0.15) is 219 Å². The molecule has 240 valence electrons. The lowest BCUT2D eigenvalue weighted by Crippen LogP contribution is -2.37. The van der Waals surface area contributed by atoms with Gasteiger partial charge >= 0.3 is 6.03 Å². The third-order valence-electron chi connectivity index (χ3n) is 8.87. The summed E-state index contributed by atoms with van der Waals surface area (Å²) in [6.45, 7) is 6.29. The van der Waals surface area contributed by atoms with E-state index in [4.69, 9.17) is 5.73 Å². The van der Waals surface area contributed by atoms with Crippen LogP contribution < -0.4 is 5.73 Å². The normalized spacial score (nSPS) is 11.3. The Bertz CT molecular complexity index is 445. The summed E-state index contributed by atoms with van der Waals surface area (Å²) in [5.41, 5.74) is 5.66. The van der Waals surface area contributed by atoms with Gasteiger partial charge in [-0.1, -0.05) is 206 Å². The average molecular weight is 565 g/mol. The van der Waals surface area contributed by atoms with Gasteiger partial charge < -0.3 is 10.6 Å². The molecule has 0 spiro atoms. The smallest absolute Gasteiger partial charge is 0.314 e. The zero-order valence-corrected chi connectivity index (χ0v) is 28.0. The molecule has 0 radical (unpaired) electrons. The molecule has 0 aliphatic rings. The van der Waals surface area contributed by atoms with Crippen LogP contribution in [-0.4, -0.2) is 24.0 Å². The molecule has 0 bridgehead atoms. The standard InChI is InChI=1S/C37H76N2O/c1-3-5-7-9-11-13-15-17-19-21-23-25-27-29-31-33-35-39(37(38)40)36-34-32-30-28-26-24-22-20-18-16-14-12-10-8-6-4-2/h3-36H2,1-2H3,(H2,38,40). The van der Waals surface area contributed by atoms with Crippen molar-refractivity contribution in [2.75, 3.05) is 13.1 Å². The van der Waals surface area contributed by atoms with Crippen LogP contribution in [0.25, 0.3) is 0 Å². The molecule has 0 atom stereocenters. The zero-order chi connectivity index (χ0) is 29.2. The number of rotatable bonds is 34. The second-order valence-electron chi connectivity index (χ2n) is 12.9. The predicted molar refractivity (Wildman–Crippen MR) is 180 cm³/mol. The Hall–Kier alpha value is -0.730. The van der Waals surface area contributed by atoms with E-state index in [9.17, 15) is 4.79 Å². The van der Waals surface area contributed by atoms with Gasteiger partial charge in [-0.25, -0.2) is 4.79 Å². The van der Waals surface area contributed by atoms with Gasteiger partial charge in [0.05, 0.1) is 0 Å². The van der Waals surface area contributed by atoms with Gasteiger partial charge in [-0.3, -0.25) is 0 Å². The number of nitrogens with zero attached hydrogens (tertiary/aromatic N) is 1. The molecule has 0 heterocycles. The van der Waals surface area contributed by atoms with E-state index in [0.717, 1.165) is 25.9 Å². The summed E-state index contributed by atoms with van der Waals surface area (Å²) >= 11 is 0. The van der Waals surface area contributed by atoms with E-state index in [1.807, 2.05) is 4.90 Å². The minimum absolute atomic E-state index is 0.220. The number of nitrogens with two attached hydrogens (primary N) is 1. The van der Waals surface area contributed by atoms with E-state index in [0.29, 0.717) is 0 Å². The molecule has 2 N–H and O–H groups in total. The molecule has 40 heavy (non-hydrogen) atoms. The van der Waals surface area contributed by atoms with Crippen molar-refractivity contribution in [2.45, 2.75) is 219 Å². The number of amides is 2. The van der Waals surface area contributed by atoms with Crippen molar-refractivity contribution in [3.8, 4) is 0 Å². The Kier molecular flexibility index (Phi) is 33.8. The van der Waals surface area contributed by atoms with Gasteiger partial charge in [0.15, 0.2) is 0 Å². The highest BCUT2D eigenvalue weighted by atomic mass is 16.2. The maximum absolute atomic E-state index is 11.8.